The van der Waals surface area contributed by atoms with Crippen LogP contribution >= 0.6 is 0 Å². The molecule has 2 rings (SSSR count). The van der Waals surface area contributed by atoms with Gasteiger partial charge in [0.25, 0.3) is 0 Å². The van der Waals surface area contributed by atoms with E-state index in [1.165, 1.54) is 30.5 Å². The monoisotopic (exact) mass is 369 g/mol. The van der Waals surface area contributed by atoms with Gasteiger partial charge in [0.1, 0.15) is 5.75 Å². The Kier molecular flexibility index (Phi) is 6.02. The number of methoxy groups -OCH3 is 1. The average molecular weight is 369 g/mol. The molecule has 1 heterocycles. The molecule has 1 aromatic carbocycles. The molecule has 9 heteroatoms. The second-order valence-corrected chi connectivity index (χ2v) is 7.86. The van der Waals surface area contributed by atoms with Gasteiger partial charge in [-0.15, -0.1) is 0 Å². The van der Waals surface area contributed by atoms with Crippen LogP contribution in [0.5, 0.6) is 5.75 Å². The van der Waals surface area contributed by atoms with Crippen LogP contribution in [-0.2, 0) is 19.6 Å². The third kappa shape index (κ3) is 4.49. The van der Waals surface area contributed by atoms with Crippen molar-refractivity contribution in [3.8, 4) is 5.75 Å². The highest BCUT2D eigenvalue weighted by molar-refractivity contribution is 7.89. The molecule has 1 aromatic rings. The van der Waals surface area contributed by atoms with Crippen molar-refractivity contribution in [2.45, 2.75) is 30.7 Å². The van der Waals surface area contributed by atoms with Crippen molar-refractivity contribution in [2.75, 3.05) is 20.2 Å². The zero-order chi connectivity index (χ0) is 18.6. The minimum atomic E-state index is -3.73. The van der Waals surface area contributed by atoms with E-state index < -0.39 is 33.9 Å². The Morgan fingerprint density at radius 1 is 1.32 bits per heavy atom. The number of nitrogens with one attached hydrogen (secondary N) is 1. The molecular formula is C16H21N2O6S-. The summed E-state index contributed by atoms with van der Waals surface area (Å²) in [5, 5.41) is 13.1. The molecule has 1 aliphatic heterocycles. The quantitative estimate of drug-likeness (QED) is 0.712. The number of benzene rings is 1. The lowest BCUT2D eigenvalue weighted by Crippen LogP contribution is -2.51. The van der Waals surface area contributed by atoms with Crippen LogP contribution in [-0.4, -0.2) is 50.8 Å². The van der Waals surface area contributed by atoms with E-state index in [2.05, 4.69) is 5.32 Å². The molecule has 1 saturated heterocycles. The van der Waals surface area contributed by atoms with E-state index in [4.69, 9.17) is 4.74 Å². The number of carboxylic acid groups (broad SMARTS) is 1. The fourth-order valence-electron chi connectivity index (χ4n) is 2.66. The van der Waals surface area contributed by atoms with Crippen molar-refractivity contribution in [3.63, 3.8) is 0 Å². The maximum atomic E-state index is 12.7. The number of aliphatic carboxylic acids is 1. The summed E-state index contributed by atoms with van der Waals surface area (Å²) in [6, 6.07) is 4.90. The Morgan fingerprint density at radius 2 is 1.96 bits per heavy atom. The number of hydrogen-bond acceptors (Lipinski definition) is 6. The van der Waals surface area contributed by atoms with Gasteiger partial charge in [-0.1, -0.05) is 0 Å². The Balaban J connectivity index is 2.11. The summed E-state index contributed by atoms with van der Waals surface area (Å²) in [6.07, 6.45) is 1.02. The Bertz CT molecular complexity index is 731. The molecule has 1 fully saturated rings. The molecule has 138 valence electrons. The van der Waals surface area contributed by atoms with Gasteiger partial charge < -0.3 is 20.0 Å². The highest BCUT2D eigenvalue weighted by Crippen LogP contribution is 2.25. The molecule has 0 aromatic heterocycles. The Morgan fingerprint density at radius 3 is 2.52 bits per heavy atom. The predicted molar refractivity (Wildman–Crippen MR) is 87.1 cm³/mol. The van der Waals surface area contributed by atoms with Crippen LogP contribution in [0.25, 0.3) is 0 Å². The van der Waals surface area contributed by atoms with Crippen molar-refractivity contribution < 1.29 is 27.9 Å². The number of sulfonamides is 1. The van der Waals surface area contributed by atoms with Gasteiger partial charge in [0.15, 0.2) is 0 Å². The second-order valence-electron chi connectivity index (χ2n) is 5.93. The number of carboxylic acids is 1. The van der Waals surface area contributed by atoms with E-state index in [-0.39, 0.29) is 11.4 Å². The number of carbonyl (C=O) groups excluding carboxylic acids is 2. The normalized spacial score (nSPS) is 19.8. The molecule has 2 atom stereocenters. The molecule has 0 spiro atoms. The van der Waals surface area contributed by atoms with Gasteiger partial charge in [0.05, 0.1) is 29.9 Å². The number of amides is 1. The predicted octanol–water partition coefficient (Wildman–Crippen LogP) is -0.649. The largest absolute Gasteiger partial charge is 0.548 e. The van der Waals surface area contributed by atoms with Crippen molar-refractivity contribution in [1.82, 2.24) is 9.62 Å². The minimum absolute atomic E-state index is 0.0139. The molecular weight excluding hydrogens is 348 g/mol. The number of ether oxygens (including phenoxy) is 1. The summed E-state index contributed by atoms with van der Waals surface area (Å²) < 4.78 is 31.7. The van der Waals surface area contributed by atoms with Crippen molar-refractivity contribution in [3.05, 3.63) is 24.3 Å². The van der Waals surface area contributed by atoms with E-state index in [9.17, 15) is 23.1 Å². The number of nitrogens with zero attached hydrogens (tertiary/aromatic N) is 1. The van der Waals surface area contributed by atoms with Crippen LogP contribution < -0.4 is 15.2 Å². The van der Waals surface area contributed by atoms with Gasteiger partial charge in [-0.3, -0.25) is 4.79 Å². The zero-order valence-electron chi connectivity index (χ0n) is 14.1. The first-order valence-electron chi connectivity index (χ1n) is 7.91. The van der Waals surface area contributed by atoms with Gasteiger partial charge in [-0.2, -0.15) is 4.31 Å². The van der Waals surface area contributed by atoms with Gasteiger partial charge in [0.2, 0.25) is 15.9 Å². The summed E-state index contributed by atoms with van der Waals surface area (Å²) >= 11 is 0. The molecule has 0 bridgehead atoms. The maximum Gasteiger partial charge on any atom is 0.243 e. The fraction of sp³-hybridized carbons (Fsp3) is 0.500. The molecule has 8 nitrogen and oxygen atoms in total. The van der Waals surface area contributed by atoms with E-state index in [1.807, 2.05) is 0 Å². The maximum absolute atomic E-state index is 12.7. The van der Waals surface area contributed by atoms with Gasteiger partial charge in [-0.05, 0) is 44.0 Å². The second kappa shape index (κ2) is 7.83. The standard InChI is InChI=1S/C16H22N2O6S/c1-11(16(20)21)17-15(19)12-4-3-9-18(10-12)25(22,23)14-7-5-13(24-2)6-8-14/h5-8,11-12H,3-4,9-10H2,1-2H3,(H,17,19)(H,20,21)/p-1/t11-,12-/m0/s1. The SMILES string of the molecule is COc1ccc(S(=O)(=O)N2CCC[C@H](C(=O)N[C@@H](C)C(=O)[O-])C2)cc1. The molecule has 0 radical (unpaired) electrons. The van der Waals surface area contributed by atoms with Crippen LogP contribution in [0.1, 0.15) is 19.8 Å². The lowest BCUT2D eigenvalue weighted by atomic mass is 9.98. The van der Waals surface area contributed by atoms with Gasteiger partial charge in [0, 0.05) is 13.1 Å². The summed E-state index contributed by atoms with van der Waals surface area (Å²) in [7, 11) is -2.24. The van der Waals surface area contributed by atoms with Crippen LogP contribution in [0.2, 0.25) is 0 Å². The first-order valence-corrected chi connectivity index (χ1v) is 9.35. The summed E-state index contributed by atoms with van der Waals surface area (Å²) in [6.45, 7) is 1.63. The average Bonchev–Trinajstić information content (AvgIpc) is 2.61. The third-order valence-electron chi connectivity index (χ3n) is 4.16. The number of hydrogen-bond donors (Lipinski definition) is 1. The molecule has 1 aliphatic rings. The fourth-order valence-corrected chi connectivity index (χ4v) is 4.19. The van der Waals surface area contributed by atoms with E-state index in [0.717, 1.165) is 0 Å². The van der Waals surface area contributed by atoms with Gasteiger partial charge >= 0.3 is 0 Å². The molecule has 1 N–H and O–H groups in total. The first kappa shape index (κ1) is 19.2. The summed E-state index contributed by atoms with van der Waals surface area (Å²) in [5.74, 6) is -1.91. The minimum Gasteiger partial charge on any atom is -0.548 e. The molecule has 25 heavy (non-hydrogen) atoms. The highest BCUT2D eigenvalue weighted by Gasteiger charge is 2.33. The van der Waals surface area contributed by atoms with E-state index >= 15 is 0 Å². The number of rotatable bonds is 6. The van der Waals surface area contributed by atoms with Crippen LogP contribution in [0.15, 0.2) is 29.2 Å². The smallest absolute Gasteiger partial charge is 0.243 e. The Hall–Kier alpha value is -2.13. The van der Waals surface area contributed by atoms with Gasteiger partial charge in [-0.25, -0.2) is 8.42 Å². The van der Waals surface area contributed by atoms with Crippen LogP contribution in [0.3, 0.4) is 0 Å². The van der Waals surface area contributed by atoms with Crippen molar-refractivity contribution in [1.29, 1.82) is 0 Å². The van der Waals surface area contributed by atoms with E-state index in [0.29, 0.717) is 25.1 Å². The van der Waals surface area contributed by atoms with E-state index in [1.54, 1.807) is 12.1 Å². The highest BCUT2D eigenvalue weighted by atomic mass is 32.2. The number of carbonyl (C=O) groups is 2. The number of piperidine rings is 1. The first-order chi connectivity index (χ1) is 11.8. The lowest BCUT2D eigenvalue weighted by molar-refractivity contribution is -0.307. The van der Waals surface area contributed by atoms with Crippen LogP contribution in [0.4, 0.5) is 0 Å². The summed E-state index contributed by atoms with van der Waals surface area (Å²) in [5.41, 5.74) is 0. The Labute approximate surface area is 146 Å². The van der Waals surface area contributed by atoms with Crippen molar-refractivity contribution >= 4 is 21.9 Å². The molecule has 0 unspecified atom stereocenters. The van der Waals surface area contributed by atoms with Crippen LogP contribution in [0, 0.1) is 5.92 Å². The summed E-state index contributed by atoms with van der Waals surface area (Å²) in [4.78, 5) is 23.0. The third-order valence-corrected chi connectivity index (χ3v) is 6.04. The molecule has 0 saturated carbocycles. The zero-order valence-corrected chi connectivity index (χ0v) is 14.9. The lowest BCUT2D eigenvalue weighted by Gasteiger charge is -2.32. The molecule has 0 aliphatic carbocycles. The topological polar surface area (TPSA) is 116 Å². The molecule has 1 amide bonds. The van der Waals surface area contributed by atoms with Crippen molar-refractivity contribution in [2.24, 2.45) is 5.92 Å².